The van der Waals surface area contributed by atoms with Crippen LogP contribution < -0.4 is 14.8 Å². The van der Waals surface area contributed by atoms with Crippen molar-refractivity contribution in [2.75, 3.05) is 20.8 Å². The van der Waals surface area contributed by atoms with E-state index >= 15 is 0 Å². The van der Waals surface area contributed by atoms with E-state index in [0.29, 0.717) is 30.9 Å². The lowest BCUT2D eigenvalue weighted by atomic mass is 9.75. The number of amides is 1. The molecule has 1 saturated carbocycles. The van der Waals surface area contributed by atoms with Gasteiger partial charge in [-0.1, -0.05) is 6.07 Å². The molecule has 23 heavy (non-hydrogen) atoms. The molecule has 0 saturated heterocycles. The molecule has 0 bridgehead atoms. The first-order valence-corrected chi connectivity index (χ1v) is 7.44. The first-order chi connectivity index (χ1) is 11.0. The van der Waals surface area contributed by atoms with E-state index in [-0.39, 0.29) is 17.7 Å². The number of carbonyl (C=O) groups is 2. The van der Waals surface area contributed by atoms with Gasteiger partial charge in [-0.05, 0) is 42.5 Å². The van der Waals surface area contributed by atoms with Crippen molar-refractivity contribution in [1.29, 1.82) is 0 Å². The van der Waals surface area contributed by atoms with E-state index in [2.05, 4.69) is 5.32 Å². The van der Waals surface area contributed by atoms with Gasteiger partial charge in [0.15, 0.2) is 11.5 Å². The maximum Gasteiger partial charge on any atom is 0.306 e. The molecule has 6 heteroatoms. The third kappa shape index (κ3) is 4.48. The van der Waals surface area contributed by atoms with Gasteiger partial charge in [-0.15, -0.1) is 0 Å². The summed E-state index contributed by atoms with van der Waals surface area (Å²) in [6.07, 6.45) is 4.41. The predicted octanol–water partition coefficient (Wildman–Crippen LogP) is 1.94. The standard InChI is InChI=1S/C17H21NO5/c1-22-14-5-3-11(9-15(14)23-2)4-6-16(19)18-10-12-7-13(8-12)17(20)21/h3-6,9,12-13H,7-8,10H2,1-2H3,(H,18,19)(H,20,21)/b6-4+. The molecule has 1 aliphatic carbocycles. The second-order valence-corrected chi connectivity index (χ2v) is 5.57. The Morgan fingerprint density at radius 2 is 1.96 bits per heavy atom. The number of aliphatic carboxylic acids is 1. The molecule has 0 unspecified atom stereocenters. The highest BCUT2D eigenvalue weighted by Gasteiger charge is 2.34. The molecular formula is C17H21NO5. The van der Waals surface area contributed by atoms with Gasteiger partial charge in [0.2, 0.25) is 5.91 Å². The number of methoxy groups -OCH3 is 2. The topological polar surface area (TPSA) is 84.9 Å². The van der Waals surface area contributed by atoms with Gasteiger partial charge in [0.05, 0.1) is 20.1 Å². The summed E-state index contributed by atoms with van der Waals surface area (Å²) in [5.74, 6) is 0.296. The van der Waals surface area contributed by atoms with Gasteiger partial charge in [0.1, 0.15) is 0 Å². The number of carboxylic acid groups (broad SMARTS) is 1. The summed E-state index contributed by atoms with van der Waals surface area (Å²) < 4.78 is 10.4. The van der Waals surface area contributed by atoms with Crippen molar-refractivity contribution in [2.24, 2.45) is 11.8 Å². The highest BCUT2D eigenvalue weighted by atomic mass is 16.5. The summed E-state index contributed by atoms with van der Waals surface area (Å²) in [5.41, 5.74) is 0.826. The molecular weight excluding hydrogens is 298 g/mol. The molecule has 1 amide bonds. The summed E-state index contributed by atoms with van der Waals surface area (Å²) in [4.78, 5) is 22.5. The Kier molecular flexibility index (Phi) is 5.62. The third-order valence-corrected chi connectivity index (χ3v) is 3.98. The molecule has 0 heterocycles. The van der Waals surface area contributed by atoms with E-state index in [9.17, 15) is 9.59 Å². The van der Waals surface area contributed by atoms with Gasteiger partial charge >= 0.3 is 5.97 Å². The number of ether oxygens (including phenoxy) is 2. The van der Waals surface area contributed by atoms with E-state index in [0.717, 1.165) is 5.56 Å². The van der Waals surface area contributed by atoms with Gasteiger partial charge in [0, 0.05) is 12.6 Å². The normalized spacial score (nSPS) is 19.9. The van der Waals surface area contributed by atoms with Gasteiger partial charge in [-0.3, -0.25) is 9.59 Å². The molecule has 0 spiro atoms. The summed E-state index contributed by atoms with van der Waals surface area (Å²) in [6, 6.07) is 5.39. The molecule has 124 valence electrons. The molecule has 1 aromatic rings. The zero-order chi connectivity index (χ0) is 16.8. The summed E-state index contributed by atoms with van der Waals surface area (Å²) in [6.45, 7) is 0.513. The molecule has 1 fully saturated rings. The minimum Gasteiger partial charge on any atom is -0.493 e. The number of carbonyl (C=O) groups excluding carboxylic acids is 1. The van der Waals surface area contributed by atoms with Crippen molar-refractivity contribution in [1.82, 2.24) is 5.32 Å². The Bertz CT molecular complexity index is 605. The molecule has 1 aliphatic rings. The average molecular weight is 319 g/mol. The minimum atomic E-state index is -0.749. The van der Waals surface area contributed by atoms with Crippen LogP contribution in [0.2, 0.25) is 0 Å². The van der Waals surface area contributed by atoms with Crippen LogP contribution in [-0.4, -0.2) is 37.7 Å². The molecule has 1 aromatic carbocycles. The lowest BCUT2D eigenvalue weighted by Crippen LogP contribution is -2.38. The minimum absolute atomic E-state index is 0.196. The van der Waals surface area contributed by atoms with E-state index in [4.69, 9.17) is 14.6 Å². The Morgan fingerprint density at radius 3 is 2.57 bits per heavy atom. The van der Waals surface area contributed by atoms with Crippen LogP contribution in [0.5, 0.6) is 11.5 Å². The Labute approximate surface area is 135 Å². The van der Waals surface area contributed by atoms with Crippen molar-refractivity contribution in [2.45, 2.75) is 12.8 Å². The lowest BCUT2D eigenvalue weighted by molar-refractivity contribution is -0.146. The first-order valence-electron chi connectivity index (χ1n) is 7.44. The van der Waals surface area contributed by atoms with Crippen molar-refractivity contribution >= 4 is 18.0 Å². The van der Waals surface area contributed by atoms with Gasteiger partial charge in [0.25, 0.3) is 0 Å². The first kappa shape index (κ1) is 16.9. The predicted molar refractivity (Wildman–Crippen MR) is 85.4 cm³/mol. The zero-order valence-electron chi connectivity index (χ0n) is 13.2. The van der Waals surface area contributed by atoms with Crippen molar-refractivity contribution in [3.63, 3.8) is 0 Å². The van der Waals surface area contributed by atoms with E-state index in [1.165, 1.54) is 6.08 Å². The van der Waals surface area contributed by atoms with Crippen LogP contribution in [0.3, 0.4) is 0 Å². The number of hydrogen-bond donors (Lipinski definition) is 2. The molecule has 0 radical (unpaired) electrons. The van der Waals surface area contributed by atoms with Crippen molar-refractivity contribution in [3.8, 4) is 11.5 Å². The lowest BCUT2D eigenvalue weighted by Gasteiger charge is -2.32. The van der Waals surface area contributed by atoms with Crippen molar-refractivity contribution < 1.29 is 24.2 Å². The van der Waals surface area contributed by atoms with E-state index in [1.54, 1.807) is 32.4 Å². The number of carboxylic acids is 1. The van der Waals surface area contributed by atoms with Crippen LogP contribution in [0.25, 0.3) is 6.08 Å². The molecule has 0 aromatic heterocycles. The number of nitrogens with one attached hydrogen (secondary N) is 1. The largest absolute Gasteiger partial charge is 0.493 e. The molecule has 2 N–H and O–H groups in total. The molecule has 2 rings (SSSR count). The maximum absolute atomic E-state index is 11.8. The van der Waals surface area contributed by atoms with Crippen LogP contribution in [0.1, 0.15) is 18.4 Å². The maximum atomic E-state index is 11.8. The number of hydrogen-bond acceptors (Lipinski definition) is 4. The highest BCUT2D eigenvalue weighted by Crippen LogP contribution is 2.33. The quantitative estimate of drug-likeness (QED) is 0.750. The summed E-state index contributed by atoms with van der Waals surface area (Å²) >= 11 is 0. The smallest absolute Gasteiger partial charge is 0.306 e. The fourth-order valence-corrected chi connectivity index (χ4v) is 2.54. The SMILES string of the molecule is COc1ccc(/C=C/C(=O)NCC2CC(C(=O)O)C2)cc1OC. The summed E-state index contributed by atoms with van der Waals surface area (Å²) in [7, 11) is 3.12. The fourth-order valence-electron chi connectivity index (χ4n) is 2.54. The van der Waals surface area contributed by atoms with E-state index < -0.39 is 5.97 Å². The monoisotopic (exact) mass is 319 g/mol. The second-order valence-electron chi connectivity index (χ2n) is 5.57. The number of rotatable bonds is 7. The highest BCUT2D eigenvalue weighted by molar-refractivity contribution is 5.91. The molecule has 0 atom stereocenters. The van der Waals surface area contributed by atoms with Crippen LogP contribution >= 0.6 is 0 Å². The number of benzene rings is 1. The van der Waals surface area contributed by atoms with Crippen LogP contribution in [0, 0.1) is 11.8 Å². The molecule has 0 aliphatic heterocycles. The van der Waals surface area contributed by atoms with Crippen LogP contribution in [-0.2, 0) is 9.59 Å². The van der Waals surface area contributed by atoms with Gasteiger partial charge in [-0.2, -0.15) is 0 Å². The fraction of sp³-hybridized carbons (Fsp3) is 0.412. The summed E-state index contributed by atoms with van der Waals surface area (Å²) in [5, 5.41) is 11.6. The average Bonchev–Trinajstić information content (AvgIpc) is 2.50. The Balaban J connectivity index is 1.81. The van der Waals surface area contributed by atoms with Crippen molar-refractivity contribution in [3.05, 3.63) is 29.8 Å². The van der Waals surface area contributed by atoms with Gasteiger partial charge in [-0.25, -0.2) is 0 Å². The van der Waals surface area contributed by atoms with Gasteiger partial charge < -0.3 is 19.9 Å². The van der Waals surface area contributed by atoms with E-state index in [1.807, 2.05) is 6.07 Å². The van der Waals surface area contributed by atoms with Crippen LogP contribution in [0.4, 0.5) is 0 Å². The molecule has 6 nitrogen and oxygen atoms in total. The van der Waals surface area contributed by atoms with Crippen LogP contribution in [0.15, 0.2) is 24.3 Å². The Hall–Kier alpha value is -2.50. The second kappa shape index (κ2) is 7.67. The Morgan fingerprint density at radius 1 is 1.26 bits per heavy atom. The zero-order valence-corrected chi connectivity index (χ0v) is 13.2. The third-order valence-electron chi connectivity index (χ3n) is 3.98.